The van der Waals surface area contributed by atoms with Crippen molar-refractivity contribution in [3.05, 3.63) is 29.3 Å². The monoisotopic (exact) mass is 259 g/mol. The van der Waals surface area contributed by atoms with Crippen LogP contribution in [0.2, 0.25) is 0 Å². The van der Waals surface area contributed by atoms with Crippen LogP contribution in [0.25, 0.3) is 0 Å². The third-order valence-electron chi connectivity index (χ3n) is 3.43. The summed E-state index contributed by atoms with van der Waals surface area (Å²) in [4.78, 5) is 14.8. The fourth-order valence-electron chi connectivity index (χ4n) is 2.33. The number of benzene rings is 1. The Morgan fingerprint density at radius 2 is 2.05 bits per heavy atom. The van der Waals surface area contributed by atoms with E-state index in [1.54, 1.807) is 0 Å². The first-order chi connectivity index (χ1) is 9.10. The van der Waals surface area contributed by atoms with E-state index in [0.29, 0.717) is 5.56 Å². The highest BCUT2D eigenvalue weighted by atomic mass is 16.4. The van der Waals surface area contributed by atoms with Gasteiger partial charge >= 0.3 is 5.97 Å². The Kier molecular flexibility index (Phi) is 4.03. The summed E-state index contributed by atoms with van der Waals surface area (Å²) in [5.41, 5.74) is 2.78. The van der Waals surface area contributed by atoms with Crippen LogP contribution in [0, 0.1) is 18.3 Å². The van der Waals surface area contributed by atoms with Crippen molar-refractivity contribution in [2.24, 2.45) is 0 Å². The molecular weight excluding hydrogens is 242 g/mol. The molecule has 0 unspecified atom stereocenters. The smallest absolute Gasteiger partial charge is 0.317 e. The van der Waals surface area contributed by atoms with Gasteiger partial charge in [0.25, 0.3) is 0 Å². The zero-order valence-corrected chi connectivity index (χ0v) is 11.0. The van der Waals surface area contributed by atoms with Gasteiger partial charge in [-0.05, 0) is 30.7 Å². The fourth-order valence-corrected chi connectivity index (χ4v) is 2.33. The molecule has 5 nitrogen and oxygen atoms in total. The number of rotatable bonds is 3. The molecule has 1 aromatic rings. The topological polar surface area (TPSA) is 67.6 Å². The van der Waals surface area contributed by atoms with E-state index < -0.39 is 5.97 Å². The second-order valence-electron chi connectivity index (χ2n) is 4.77. The third-order valence-corrected chi connectivity index (χ3v) is 3.43. The summed E-state index contributed by atoms with van der Waals surface area (Å²) >= 11 is 0. The van der Waals surface area contributed by atoms with Crippen LogP contribution in [0.3, 0.4) is 0 Å². The number of hydrogen-bond donors (Lipinski definition) is 1. The van der Waals surface area contributed by atoms with Gasteiger partial charge in [0.2, 0.25) is 0 Å². The van der Waals surface area contributed by atoms with E-state index >= 15 is 0 Å². The van der Waals surface area contributed by atoms with E-state index in [0.717, 1.165) is 37.4 Å². The SMILES string of the molecule is Cc1cc(N2CCN(CC(=O)O)CC2)ccc1C#N. The van der Waals surface area contributed by atoms with Crippen molar-refractivity contribution in [3.8, 4) is 6.07 Å². The molecule has 0 amide bonds. The first-order valence-electron chi connectivity index (χ1n) is 6.30. The molecule has 0 spiro atoms. The number of piperazine rings is 1. The van der Waals surface area contributed by atoms with Crippen LogP contribution in [-0.4, -0.2) is 48.7 Å². The molecule has 0 bridgehead atoms. The molecule has 1 aliphatic rings. The Balaban J connectivity index is 2.00. The quantitative estimate of drug-likeness (QED) is 0.879. The molecule has 2 rings (SSSR count). The Morgan fingerprint density at radius 3 is 2.58 bits per heavy atom. The fraction of sp³-hybridized carbons (Fsp3) is 0.429. The van der Waals surface area contributed by atoms with Crippen LogP contribution >= 0.6 is 0 Å². The van der Waals surface area contributed by atoms with Crippen molar-refractivity contribution in [1.29, 1.82) is 5.26 Å². The van der Waals surface area contributed by atoms with Crippen molar-refractivity contribution in [2.75, 3.05) is 37.6 Å². The van der Waals surface area contributed by atoms with Gasteiger partial charge in [0.15, 0.2) is 0 Å². The maximum absolute atomic E-state index is 10.6. The molecule has 0 aromatic heterocycles. The second kappa shape index (κ2) is 5.72. The summed E-state index contributed by atoms with van der Waals surface area (Å²) in [6.07, 6.45) is 0. The number of hydrogen-bond acceptors (Lipinski definition) is 4. The second-order valence-corrected chi connectivity index (χ2v) is 4.77. The lowest BCUT2D eigenvalue weighted by molar-refractivity contribution is -0.138. The Bertz CT molecular complexity index is 514. The lowest BCUT2D eigenvalue weighted by atomic mass is 10.1. The minimum absolute atomic E-state index is 0.111. The summed E-state index contributed by atoms with van der Waals surface area (Å²) in [6.45, 7) is 5.19. The molecule has 1 aromatic carbocycles. The van der Waals surface area contributed by atoms with Crippen molar-refractivity contribution in [3.63, 3.8) is 0 Å². The maximum Gasteiger partial charge on any atom is 0.317 e. The van der Waals surface area contributed by atoms with Crippen LogP contribution < -0.4 is 4.90 Å². The molecule has 1 aliphatic heterocycles. The summed E-state index contributed by atoms with van der Waals surface area (Å²) in [7, 11) is 0. The van der Waals surface area contributed by atoms with Gasteiger partial charge in [-0.3, -0.25) is 9.69 Å². The molecule has 100 valence electrons. The van der Waals surface area contributed by atoms with Crippen molar-refractivity contribution in [1.82, 2.24) is 4.90 Å². The summed E-state index contributed by atoms with van der Waals surface area (Å²) < 4.78 is 0. The summed E-state index contributed by atoms with van der Waals surface area (Å²) in [5.74, 6) is -0.775. The van der Waals surface area contributed by atoms with E-state index in [4.69, 9.17) is 10.4 Å². The molecule has 19 heavy (non-hydrogen) atoms. The minimum Gasteiger partial charge on any atom is -0.480 e. The summed E-state index contributed by atoms with van der Waals surface area (Å²) in [5, 5.41) is 17.7. The van der Waals surface area contributed by atoms with Crippen molar-refractivity contribution in [2.45, 2.75) is 6.92 Å². The number of nitriles is 1. The molecule has 5 heteroatoms. The molecule has 0 saturated carbocycles. The molecule has 0 atom stereocenters. The van der Waals surface area contributed by atoms with Gasteiger partial charge in [-0.15, -0.1) is 0 Å². The molecule has 0 radical (unpaired) electrons. The number of carboxylic acids is 1. The number of nitrogens with zero attached hydrogens (tertiary/aromatic N) is 3. The number of carbonyl (C=O) groups is 1. The number of anilines is 1. The Hall–Kier alpha value is -2.06. The zero-order valence-electron chi connectivity index (χ0n) is 11.0. The maximum atomic E-state index is 10.6. The normalized spacial score (nSPS) is 16.1. The molecule has 1 saturated heterocycles. The highest BCUT2D eigenvalue weighted by molar-refractivity contribution is 5.69. The van der Waals surface area contributed by atoms with Crippen LogP contribution in [0.4, 0.5) is 5.69 Å². The van der Waals surface area contributed by atoms with Crippen LogP contribution in [0.1, 0.15) is 11.1 Å². The highest BCUT2D eigenvalue weighted by Gasteiger charge is 2.19. The van der Waals surface area contributed by atoms with Gasteiger partial charge in [0, 0.05) is 31.9 Å². The summed E-state index contributed by atoms with van der Waals surface area (Å²) in [6, 6.07) is 7.98. The van der Waals surface area contributed by atoms with Crippen LogP contribution in [0.5, 0.6) is 0 Å². The van der Waals surface area contributed by atoms with E-state index in [1.165, 1.54) is 0 Å². The average molecular weight is 259 g/mol. The van der Waals surface area contributed by atoms with E-state index in [1.807, 2.05) is 30.0 Å². The van der Waals surface area contributed by atoms with Crippen molar-refractivity contribution < 1.29 is 9.90 Å². The van der Waals surface area contributed by atoms with Gasteiger partial charge in [-0.25, -0.2) is 0 Å². The average Bonchev–Trinajstić information content (AvgIpc) is 2.39. The Morgan fingerprint density at radius 1 is 1.37 bits per heavy atom. The molecule has 1 N–H and O–H groups in total. The molecular formula is C14H17N3O2. The van der Waals surface area contributed by atoms with E-state index in [-0.39, 0.29) is 6.54 Å². The molecule has 0 aliphatic carbocycles. The third kappa shape index (κ3) is 3.24. The minimum atomic E-state index is -0.775. The van der Waals surface area contributed by atoms with Crippen LogP contribution in [0.15, 0.2) is 18.2 Å². The van der Waals surface area contributed by atoms with Gasteiger partial charge in [0.1, 0.15) is 0 Å². The first kappa shape index (κ1) is 13.4. The van der Waals surface area contributed by atoms with Gasteiger partial charge in [0.05, 0.1) is 18.2 Å². The van der Waals surface area contributed by atoms with Gasteiger partial charge in [-0.1, -0.05) is 0 Å². The number of carboxylic acid groups (broad SMARTS) is 1. The van der Waals surface area contributed by atoms with E-state index in [2.05, 4.69) is 11.0 Å². The lowest BCUT2D eigenvalue weighted by Crippen LogP contribution is -2.48. The molecule has 1 heterocycles. The largest absolute Gasteiger partial charge is 0.480 e. The van der Waals surface area contributed by atoms with E-state index in [9.17, 15) is 4.79 Å². The Labute approximate surface area is 112 Å². The lowest BCUT2D eigenvalue weighted by Gasteiger charge is -2.35. The molecule has 1 fully saturated rings. The van der Waals surface area contributed by atoms with Gasteiger partial charge < -0.3 is 10.0 Å². The number of aliphatic carboxylic acids is 1. The zero-order chi connectivity index (χ0) is 13.8. The van der Waals surface area contributed by atoms with Crippen molar-refractivity contribution >= 4 is 11.7 Å². The highest BCUT2D eigenvalue weighted by Crippen LogP contribution is 2.20. The number of aryl methyl sites for hydroxylation is 1. The van der Waals surface area contributed by atoms with Crippen LogP contribution in [-0.2, 0) is 4.79 Å². The van der Waals surface area contributed by atoms with Gasteiger partial charge in [-0.2, -0.15) is 5.26 Å². The standard InChI is InChI=1S/C14H17N3O2/c1-11-8-13(3-2-12(11)9-15)17-6-4-16(5-7-17)10-14(18)19/h2-3,8H,4-7,10H2,1H3,(H,18,19). The predicted octanol–water partition coefficient (Wildman–Crippen LogP) is 1.07. The predicted molar refractivity (Wildman–Crippen MR) is 72.2 cm³/mol. The first-order valence-corrected chi connectivity index (χ1v) is 6.30.